The molecule has 1 aromatic carbocycles. The van der Waals surface area contributed by atoms with E-state index in [4.69, 9.17) is 9.31 Å². The molecule has 1 aromatic heterocycles. The SMILES string of the molecule is CC(C)C[C@H](NC(=O)C(Cc1ccccc1)NC(=O)c1cnccn1)B1OC(=O)[C@@H]2CCC[C@@H](C(=O)O1)N2C. The summed E-state index contributed by atoms with van der Waals surface area (Å²) in [7, 11) is 0.430. The predicted molar refractivity (Wildman–Crippen MR) is 142 cm³/mol. The number of hydrogen-bond donors (Lipinski definition) is 2. The fourth-order valence-corrected chi connectivity index (χ4v) is 5.01. The van der Waals surface area contributed by atoms with Crippen LogP contribution in [0.3, 0.4) is 0 Å². The average molecular weight is 535 g/mol. The Morgan fingerprint density at radius 3 is 2.31 bits per heavy atom. The van der Waals surface area contributed by atoms with E-state index in [0.29, 0.717) is 25.7 Å². The van der Waals surface area contributed by atoms with Crippen molar-refractivity contribution in [2.75, 3.05) is 7.05 Å². The van der Waals surface area contributed by atoms with Crippen LogP contribution in [-0.2, 0) is 30.1 Å². The predicted octanol–water partition coefficient (Wildman–Crippen LogP) is 1.33. The second-order valence-corrected chi connectivity index (χ2v) is 10.4. The summed E-state index contributed by atoms with van der Waals surface area (Å²) < 4.78 is 11.4. The summed E-state index contributed by atoms with van der Waals surface area (Å²) in [6.45, 7) is 3.90. The number of likely N-dealkylation sites (N-methyl/N-ethyl adjacent to an activating group) is 1. The topological polar surface area (TPSA) is 140 Å². The molecule has 2 saturated heterocycles. The molecule has 11 nitrogen and oxygen atoms in total. The lowest BCUT2D eigenvalue weighted by molar-refractivity contribution is -0.157. The fourth-order valence-electron chi connectivity index (χ4n) is 5.01. The molecule has 39 heavy (non-hydrogen) atoms. The van der Waals surface area contributed by atoms with E-state index in [0.717, 1.165) is 5.56 Å². The first-order valence-electron chi connectivity index (χ1n) is 13.3. The van der Waals surface area contributed by atoms with Crippen LogP contribution in [-0.4, -0.2) is 76.9 Å². The Hall–Kier alpha value is -3.80. The first-order chi connectivity index (χ1) is 18.7. The van der Waals surface area contributed by atoms with Gasteiger partial charge in [-0.3, -0.25) is 29.1 Å². The number of nitrogens with one attached hydrogen (secondary N) is 2. The third kappa shape index (κ3) is 7.20. The quantitative estimate of drug-likeness (QED) is 0.455. The molecule has 4 atom stereocenters. The molecular formula is C27H34BN5O6. The summed E-state index contributed by atoms with van der Waals surface area (Å²) in [5.41, 5.74) is 0.901. The third-order valence-corrected chi connectivity index (χ3v) is 7.03. The van der Waals surface area contributed by atoms with Gasteiger partial charge in [0.05, 0.1) is 12.1 Å². The summed E-state index contributed by atoms with van der Waals surface area (Å²) >= 11 is 0. The first-order valence-corrected chi connectivity index (χ1v) is 13.3. The second-order valence-electron chi connectivity index (χ2n) is 10.4. The summed E-state index contributed by atoms with van der Waals surface area (Å²) in [6.07, 6.45) is 6.61. The molecule has 206 valence electrons. The van der Waals surface area contributed by atoms with E-state index in [1.807, 2.05) is 44.2 Å². The standard InChI is InChI=1S/C27H34BN5O6/c1-17(2)14-23(28-38-26(36)21-10-7-11-22(33(21)3)27(37)39-28)32-24(34)19(15-18-8-5-4-6-9-18)31-25(35)20-16-29-12-13-30-20/h4-6,8-9,12-13,16-17,19,21-23H,7,10-11,14-15H2,1-3H3,(H,31,35)(H,32,34)/t19?,21-,22-,23-/m0/s1. The zero-order valence-electron chi connectivity index (χ0n) is 22.4. The van der Waals surface area contributed by atoms with Crippen molar-refractivity contribution in [2.24, 2.45) is 5.92 Å². The van der Waals surface area contributed by atoms with E-state index in [1.165, 1.54) is 18.6 Å². The molecule has 2 aliphatic rings. The van der Waals surface area contributed by atoms with Crippen LogP contribution in [0.5, 0.6) is 0 Å². The zero-order chi connectivity index (χ0) is 27.9. The van der Waals surface area contributed by atoms with Gasteiger partial charge in [0.25, 0.3) is 5.91 Å². The molecule has 2 fully saturated rings. The van der Waals surface area contributed by atoms with E-state index in [2.05, 4.69) is 20.6 Å². The molecule has 2 bridgehead atoms. The van der Waals surface area contributed by atoms with Crippen molar-refractivity contribution in [1.29, 1.82) is 0 Å². The van der Waals surface area contributed by atoms with Gasteiger partial charge < -0.3 is 19.9 Å². The summed E-state index contributed by atoms with van der Waals surface area (Å²) in [4.78, 5) is 62.2. The molecular weight excluding hydrogens is 501 g/mol. The Labute approximate surface area is 228 Å². The number of fused-ring (bicyclic) bond motifs is 2. The Kier molecular flexibility index (Phi) is 9.29. The third-order valence-electron chi connectivity index (χ3n) is 7.03. The number of hydrogen-bond acceptors (Lipinski definition) is 9. The van der Waals surface area contributed by atoms with Crippen molar-refractivity contribution in [2.45, 2.75) is 70.0 Å². The summed E-state index contributed by atoms with van der Waals surface area (Å²) in [5.74, 6) is -2.78. The fraction of sp³-hybridized carbons (Fsp3) is 0.481. The minimum absolute atomic E-state index is 0.0700. The Morgan fingerprint density at radius 2 is 1.72 bits per heavy atom. The van der Waals surface area contributed by atoms with Gasteiger partial charge in [-0.2, -0.15) is 0 Å². The molecule has 2 N–H and O–H groups in total. The van der Waals surface area contributed by atoms with Crippen LogP contribution in [0, 0.1) is 5.92 Å². The van der Waals surface area contributed by atoms with Crippen LogP contribution in [0.1, 0.15) is 55.6 Å². The minimum Gasteiger partial charge on any atom is -0.497 e. The average Bonchev–Trinajstić information content (AvgIpc) is 2.92. The van der Waals surface area contributed by atoms with Crippen LogP contribution in [0.25, 0.3) is 0 Å². The van der Waals surface area contributed by atoms with Gasteiger partial charge in [0, 0.05) is 18.8 Å². The highest BCUT2D eigenvalue weighted by Crippen LogP contribution is 2.26. The number of piperidine rings is 1. The van der Waals surface area contributed by atoms with Crippen LogP contribution in [0.15, 0.2) is 48.9 Å². The highest BCUT2D eigenvalue weighted by Gasteiger charge is 2.48. The van der Waals surface area contributed by atoms with Gasteiger partial charge >= 0.3 is 19.1 Å². The minimum atomic E-state index is -1.29. The lowest BCUT2D eigenvalue weighted by Crippen LogP contribution is -2.62. The van der Waals surface area contributed by atoms with Crippen molar-refractivity contribution in [3.05, 3.63) is 60.2 Å². The molecule has 2 amide bonds. The lowest BCUT2D eigenvalue weighted by atomic mass is 9.72. The van der Waals surface area contributed by atoms with Gasteiger partial charge in [-0.05, 0) is 44.2 Å². The number of aromatic nitrogens is 2. The van der Waals surface area contributed by atoms with E-state index in [9.17, 15) is 19.2 Å². The zero-order valence-corrected chi connectivity index (χ0v) is 22.4. The molecule has 0 radical (unpaired) electrons. The van der Waals surface area contributed by atoms with Gasteiger partial charge in [-0.1, -0.05) is 44.2 Å². The molecule has 12 heteroatoms. The first kappa shape index (κ1) is 28.2. The van der Waals surface area contributed by atoms with Crippen LogP contribution in [0.2, 0.25) is 0 Å². The highest BCUT2D eigenvalue weighted by atomic mass is 16.6. The number of nitrogens with zero attached hydrogens (tertiary/aromatic N) is 3. The maximum atomic E-state index is 13.7. The van der Waals surface area contributed by atoms with Crippen molar-refractivity contribution in [3.63, 3.8) is 0 Å². The van der Waals surface area contributed by atoms with E-state index in [1.54, 1.807) is 11.9 Å². The Balaban J connectivity index is 1.56. The Morgan fingerprint density at radius 1 is 1.05 bits per heavy atom. The number of benzene rings is 1. The van der Waals surface area contributed by atoms with E-state index >= 15 is 0 Å². The molecule has 0 saturated carbocycles. The van der Waals surface area contributed by atoms with Gasteiger partial charge in [0.2, 0.25) is 5.91 Å². The van der Waals surface area contributed by atoms with Crippen LogP contribution < -0.4 is 10.6 Å². The van der Waals surface area contributed by atoms with E-state index in [-0.39, 0.29) is 18.0 Å². The monoisotopic (exact) mass is 535 g/mol. The number of carbonyl (C=O) groups is 4. The van der Waals surface area contributed by atoms with Crippen molar-refractivity contribution < 1.29 is 28.5 Å². The number of rotatable bonds is 9. The molecule has 0 spiro atoms. The molecule has 1 unspecified atom stereocenters. The van der Waals surface area contributed by atoms with Crippen molar-refractivity contribution in [3.8, 4) is 0 Å². The Bertz CT molecular complexity index is 1140. The number of amides is 2. The normalized spacial score (nSPS) is 21.2. The maximum absolute atomic E-state index is 13.7. The van der Waals surface area contributed by atoms with Gasteiger partial charge in [0.1, 0.15) is 23.8 Å². The molecule has 4 rings (SSSR count). The smallest absolute Gasteiger partial charge is 0.497 e. The van der Waals surface area contributed by atoms with Crippen molar-refractivity contribution >= 4 is 30.9 Å². The highest BCUT2D eigenvalue weighted by molar-refractivity contribution is 6.51. The van der Waals surface area contributed by atoms with Crippen molar-refractivity contribution in [1.82, 2.24) is 25.5 Å². The van der Waals surface area contributed by atoms with Crippen LogP contribution >= 0.6 is 0 Å². The summed E-state index contributed by atoms with van der Waals surface area (Å²) in [5, 5.41) is 5.65. The molecule has 2 aliphatic heterocycles. The van der Waals surface area contributed by atoms with Crippen LogP contribution in [0.4, 0.5) is 0 Å². The molecule has 0 aliphatic carbocycles. The number of carbonyl (C=O) groups excluding carboxylic acids is 4. The van der Waals surface area contributed by atoms with Gasteiger partial charge in [-0.25, -0.2) is 4.98 Å². The van der Waals surface area contributed by atoms with Gasteiger partial charge in [-0.15, -0.1) is 0 Å². The largest absolute Gasteiger partial charge is 0.622 e. The molecule has 2 aromatic rings. The maximum Gasteiger partial charge on any atom is 0.622 e. The van der Waals surface area contributed by atoms with Gasteiger partial charge in [0.15, 0.2) is 0 Å². The summed E-state index contributed by atoms with van der Waals surface area (Å²) in [6, 6.07) is 7.18. The lowest BCUT2D eigenvalue weighted by Gasteiger charge is -2.40. The van der Waals surface area contributed by atoms with E-state index < -0.39 is 54.9 Å². The second kappa shape index (κ2) is 12.8. The molecule has 3 heterocycles.